The number of rotatable bonds is 7. The average molecular weight is 366 g/mol. The van der Waals surface area contributed by atoms with Crippen molar-refractivity contribution in [3.63, 3.8) is 0 Å². The van der Waals surface area contributed by atoms with Gasteiger partial charge in [0.2, 0.25) is 10.0 Å². The molecule has 0 atom stereocenters. The molecule has 1 aliphatic carbocycles. The molecule has 0 amide bonds. The van der Waals surface area contributed by atoms with Crippen LogP contribution in [0.5, 0.6) is 0 Å². The van der Waals surface area contributed by atoms with Crippen LogP contribution in [-0.2, 0) is 23.1 Å². The van der Waals surface area contributed by atoms with Gasteiger partial charge in [-0.3, -0.25) is 0 Å². The summed E-state index contributed by atoms with van der Waals surface area (Å²) in [5, 5.41) is 9.29. The van der Waals surface area contributed by atoms with Crippen LogP contribution in [0.3, 0.4) is 0 Å². The second-order valence-corrected chi connectivity index (χ2v) is 8.11. The summed E-state index contributed by atoms with van der Waals surface area (Å²) < 4.78 is 34.7. The van der Waals surface area contributed by atoms with E-state index in [4.69, 9.17) is 4.42 Å². The summed E-state index contributed by atoms with van der Waals surface area (Å²) in [5.74, 6) is -0.564. The van der Waals surface area contributed by atoms with Crippen molar-refractivity contribution in [3.05, 3.63) is 42.1 Å². The third-order valence-corrected chi connectivity index (χ3v) is 6.53. The summed E-state index contributed by atoms with van der Waals surface area (Å²) in [7, 11) is -3.82. The predicted molar refractivity (Wildman–Crippen MR) is 90.8 cm³/mol. The lowest BCUT2D eigenvalue weighted by molar-refractivity contribution is 0.0685. The molecule has 136 valence electrons. The Hall–Kier alpha value is -2.06. The molecule has 1 saturated carbocycles. The SMILES string of the molecule is CCn1cc(S(=O)(=O)N(Cc2ccco2)C2CCCC2)cc1C(=O)O. The molecule has 25 heavy (non-hydrogen) atoms. The summed E-state index contributed by atoms with van der Waals surface area (Å²) in [4.78, 5) is 11.4. The Bertz CT molecular complexity index is 833. The molecule has 0 bridgehead atoms. The first kappa shape index (κ1) is 17.8. The van der Waals surface area contributed by atoms with Gasteiger partial charge in [0.15, 0.2) is 0 Å². The van der Waals surface area contributed by atoms with Crippen LogP contribution in [0.15, 0.2) is 40.0 Å². The molecule has 0 unspecified atom stereocenters. The number of carboxylic acids is 1. The van der Waals surface area contributed by atoms with Crippen molar-refractivity contribution < 1.29 is 22.7 Å². The Morgan fingerprint density at radius 3 is 2.64 bits per heavy atom. The van der Waals surface area contributed by atoms with E-state index < -0.39 is 16.0 Å². The van der Waals surface area contributed by atoms with Gasteiger partial charge in [-0.2, -0.15) is 4.31 Å². The van der Waals surface area contributed by atoms with E-state index >= 15 is 0 Å². The standard InChI is InChI=1S/C17H22N2O5S/c1-2-18-12-15(10-16(18)17(20)21)25(22,23)19(13-6-3-4-7-13)11-14-8-5-9-24-14/h5,8-10,12-13H,2-4,6-7,11H2,1H3,(H,20,21). The Balaban J connectivity index is 1.99. The molecule has 0 spiro atoms. The van der Waals surface area contributed by atoms with Gasteiger partial charge in [0.25, 0.3) is 0 Å². The maximum absolute atomic E-state index is 13.2. The van der Waals surface area contributed by atoms with Gasteiger partial charge >= 0.3 is 5.97 Å². The highest BCUT2D eigenvalue weighted by atomic mass is 32.2. The van der Waals surface area contributed by atoms with Gasteiger partial charge in [-0.05, 0) is 38.0 Å². The molecule has 8 heteroatoms. The number of aromatic carboxylic acids is 1. The van der Waals surface area contributed by atoms with Gasteiger partial charge < -0.3 is 14.1 Å². The molecule has 2 aromatic rings. The highest BCUT2D eigenvalue weighted by Gasteiger charge is 2.35. The number of aromatic nitrogens is 1. The molecule has 2 aromatic heterocycles. The minimum atomic E-state index is -3.82. The molecular weight excluding hydrogens is 344 g/mol. The fraction of sp³-hybridized carbons (Fsp3) is 0.471. The van der Waals surface area contributed by atoms with Crippen molar-refractivity contribution >= 4 is 16.0 Å². The molecular formula is C17H22N2O5S. The molecule has 1 aliphatic rings. The lowest BCUT2D eigenvalue weighted by atomic mass is 10.2. The second-order valence-electron chi connectivity index (χ2n) is 6.22. The minimum absolute atomic E-state index is 0.0187. The molecule has 1 N–H and O–H groups in total. The van der Waals surface area contributed by atoms with Crippen LogP contribution in [0.25, 0.3) is 0 Å². The third-order valence-electron chi connectivity index (χ3n) is 4.66. The van der Waals surface area contributed by atoms with Crippen molar-refractivity contribution in [1.82, 2.24) is 8.87 Å². The van der Waals surface area contributed by atoms with Gasteiger partial charge in [-0.25, -0.2) is 13.2 Å². The van der Waals surface area contributed by atoms with E-state index in [1.54, 1.807) is 19.1 Å². The normalized spacial score (nSPS) is 15.9. The Morgan fingerprint density at radius 1 is 1.40 bits per heavy atom. The van der Waals surface area contributed by atoms with E-state index in [1.165, 1.54) is 27.4 Å². The highest BCUT2D eigenvalue weighted by molar-refractivity contribution is 7.89. The number of hydrogen-bond acceptors (Lipinski definition) is 4. The molecule has 0 saturated heterocycles. The van der Waals surface area contributed by atoms with Crippen molar-refractivity contribution in [2.24, 2.45) is 0 Å². The summed E-state index contributed by atoms with van der Waals surface area (Å²) >= 11 is 0. The molecule has 2 heterocycles. The zero-order valence-electron chi connectivity index (χ0n) is 14.1. The van der Waals surface area contributed by atoms with Crippen molar-refractivity contribution in [1.29, 1.82) is 0 Å². The van der Waals surface area contributed by atoms with E-state index in [-0.39, 0.29) is 23.2 Å². The van der Waals surface area contributed by atoms with Crippen LogP contribution < -0.4 is 0 Å². The van der Waals surface area contributed by atoms with Crippen molar-refractivity contribution in [3.8, 4) is 0 Å². The first-order chi connectivity index (χ1) is 11.9. The molecule has 1 fully saturated rings. The minimum Gasteiger partial charge on any atom is -0.477 e. The highest BCUT2D eigenvalue weighted by Crippen LogP contribution is 2.31. The first-order valence-electron chi connectivity index (χ1n) is 8.41. The largest absolute Gasteiger partial charge is 0.477 e. The number of nitrogens with zero attached hydrogens (tertiary/aromatic N) is 2. The van der Waals surface area contributed by atoms with E-state index in [0.717, 1.165) is 25.7 Å². The maximum atomic E-state index is 13.2. The summed E-state index contributed by atoms with van der Waals surface area (Å²) in [5.41, 5.74) is -0.0227. The Kier molecular flexibility index (Phi) is 5.01. The summed E-state index contributed by atoms with van der Waals surface area (Å²) in [6, 6.07) is 4.63. The monoisotopic (exact) mass is 366 g/mol. The van der Waals surface area contributed by atoms with Gasteiger partial charge in [-0.15, -0.1) is 0 Å². The first-order valence-corrected chi connectivity index (χ1v) is 9.85. The number of carboxylic acid groups (broad SMARTS) is 1. The average Bonchev–Trinajstić information content (AvgIpc) is 3.32. The van der Waals surface area contributed by atoms with Crippen molar-refractivity contribution in [2.45, 2.75) is 56.6 Å². The molecule has 0 radical (unpaired) electrons. The fourth-order valence-electron chi connectivity index (χ4n) is 3.36. The quantitative estimate of drug-likeness (QED) is 0.813. The van der Waals surface area contributed by atoms with E-state index in [0.29, 0.717) is 12.3 Å². The van der Waals surface area contributed by atoms with Crippen LogP contribution in [0.4, 0.5) is 0 Å². The van der Waals surface area contributed by atoms with Crippen LogP contribution in [0, 0.1) is 0 Å². The van der Waals surface area contributed by atoms with Gasteiger partial charge in [0.1, 0.15) is 16.3 Å². The Labute approximate surface area is 146 Å². The summed E-state index contributed by atoms with van der Waals surface area (Å²) in [6.45, 7) is 2.32. The van der Waals surface area contributed by atoms with Crippen LogP contribution in [0.1, 0.15) is 48.9 Å². The lowest BCUT2D eigenvalue weighted by Crippen LogP contribution is -2.38. The van der Waals surface area contributed by atoms with E-state index in [2.05, 4.69) is 0 Å². The second kappa shape index (κ2) is 7.05. The number of carbonyl (C=O) groups is 1. The molecule has 0 aromatic carbocycles. The third kappa shape index (κ3) is 3.50. The van der Waals surface area contributed by atoms with Crippen LogP contribution in [-0.4, -0.2) is 34.4 Å². The topological polar surface area (TPSA) is 92.8 Å². The Morgan fingerprint density at radius 2 is 2.12 bits per heavy atom. The number of aryl methyl sites for hydroxylation is 1. The van der Waals surface area contributed by atoms with Gasteiger partial charge in [0.05, 0.1) is 12.8 Å². The maximum Gasteiger partial charge on any atom is 0.352 e. The van der Waals surface area contributed by atoms with Crippen molar-refractivity contribution in [2.75, 3.05) is 0 Å². The zero-order chi connectivity index (χ0) is 18.0. The van der Waals surface area contributed by atoms with Crippen LogP contribution in [0.2, 0.25) is 0 Å². The lowest BCUT2D eigenvalue weighted by Gasteiger charge is -2.26. The van der Waals surface area contributed by atoms with Gasteiger partial charge in [-0.1, -0.05) is 12.8 Å². The summed E-state index contributed by atoms with van der Waals surface area (Å²) in [6.07, 6.45) is 6.52. The van der Waals surface area contributed by atoms with Gasteiger partial charge in [0, 0.05) is 18.8 Å². The molecule has 3 rings (SSSR count). The fourth-order valence-corrected chi connectivity index (χ4v) is 5.05. The number of furan rings is 1. The predicted octanol–water partition coefficient (Wildman–Crippen LogP) is 2.93. The zero-order valence-corrected chi connectivity index (χ0v) is 14.9. The molecule has 7 nitrogen and oxygen atoms in total. The number of sulfonamides is 1. The number of hydrogen-bond donors (Lipinski definition) is 1. The van der Waals surface area contributed by atoms with Crippen LogP contribution >= 0.6 is 0 Å². The smallest absolute Gasteiger partial charge is 0.352 e. The molecule has 0 aliphatic heterocycles. The van der Waals surface area contributed by atoms with E-state index in [9.17, 15) is 18.3 Å². The van der Waals surface area contributed by atoms with E-state index in [1.807, 2.05) is 0 Å².